The number of hydrogen-bond acceptors (Lipinski definition) is 3. The van der Waals surface area contributed by atoms with Crippen molar-refractivity contribution in [2.75, 3.05) is 11.9 Å². The fourth-order valence-electron chi connectivity index (χ4n) is 2.03. The molecule has 0 aromatic heterocycles. The number of anilines is 1. The maximum absolute atomic E-state index is 12.1. The van der Waals surface area contributed by atoms with Gasteiger partial charge < -0.3 is 20.5 Å². The van der Waals surface area contributed by atoms with Crippen molar-refractivity contribution in [3.05, 3.63) is 23.8 Å². The molecule has 6 nitrogen and oxygen atoms in total. The van der Waals surface area contributed by atoms with E-state index in [0.29, 0.717) is 18.7 Å². The molecule has 6 heteroatoms. The Labute approximate surface area is 137 Å². The molecular weight excluding hydrogens is 296 g/mol. The maximum Gasteiger partial charge on any atom is 0.319 e. The smallest absolute Gasteiger partial charge is 0.319 e. The van der Waals surface area contributed by atoms with Gasteiger partial charge in [0.25, 0.3) is 0 Å². The SMILES string of the molecule is CCCOc1ccc(NC(=O)NC(C)(C)CCC(=O)O)c(C)c1. The maximum atomic E-state index is 12.1. The lowest BCUT2D eigenvalue weighted by atomic mass is 9.99. The van der Waals surface area contributed by atoms with Gasteiger partial charge in [-0.05, 0) is 57.4 Å². The molecule has 0 aliphatic heterocycles. The zero-order chi connectivity index (χ0) is 17.5. The monoisotopic (exact) mass is 322 g/mol. The van der Waals surface area contributed by atoms with Crippen LogP contribution >= 0.6 is 0 Å². The number of rotatable bonds is 8. The number of ether oxygens (including phenoxy) is 1. The average Bonchev–Trinajstić information content (AvgIpc) is 2.45. The second-order valence-electron chi connectivity index (χ2n) is 6.18. The Bertz CT molecular complexity index is 556. The molecule has 1 aromatic carbocycles. The molecule has 0 saturated carbocycles. The van der Waals surface area contributed by atoms with Gasteiger partial charge in [-0.3, -0.25) is 4.79 Å². The van der Waals surface area contributed by atoms with Gasteiger partial charge in [-0.2, -0.15) is 0 Å². The lowest BCUT2D eigenvalue weighted by Crippen LogP contribution is -2.45. The first-order valence-electron chi connectivity index (χ1n) is 7.78. The van der Waals surface area contributed by atoms with Crippen LogP contribution in [0.5, 0.6) is 5.75 Å². The molecule has 23 heavy (non-hydrogen) atoms. The van der Waals surface area contributed by atoms with Crippen LogP contribution in [0.15, 0.2) is 18.2 Å². The molecule has 128 valence electrons. The molecule has 0 fully saturated rings. The van der Waals surface area contributed by atoms with E-state index in [1.807, 2.05) is 26.0 Å². The molecule has 0 radical (unpaired) electrons. The molecule has 1 aromatic rings. The highest BCUT2D eigenvalue weighted by molar-refractivity contribution is 5.90. The molecule has 0 atom stereocenters. The Morgan fingerprint density at radius 2 is 2.00 bits per heavy atom. The molecule has 3 N–H and O–H groups in total. The largest absolute Gasteiger partial charge is 0.494 e. The van der Waals surface area contributed by atoms with Gasteiger partial charge >= 0.3 is 12.0 Å². The number of carbonyl (C=O) groups excluding carboxylic acids is 1. The van der Waals surface area contributed by atoms with Gasteiger partial charge in [0.05, 0.1) is 6.61 Å². The molecule has 0 saturated heterocycles. The summed E-state index contributed by atoms with van der Waals surface area (Å²) >= 11 is 0. The van der Waals surface area contributed by atoms with E-state index >= 15 is 0 Å². The van der Waals surface area contributed by atoms with Crippen LogP contribution in [0.3, 0.4) is 0 Å². The highest BCUT2D eigenvalue weighted by atomic mass is 16.5. The minimum Gasteiger partial charge on any atom is -0.494 e. The van der Waals surface area contributed by atoms with Crippen LogP contribution in [0, 0.1) is 6.92 Å². The number of aliphatic carboxylic acids is 1. The van der Waals surface area contributed by atoms with Gasteiger partial charge in [0.1, 0.15) is 5.75 Å². The topological polar surface area (TPSA) is 87.7 Å². The number of carboxylic acid groups (broad SMARTS) is 1. The molecule has 2 amide bonds. The molecular formula is C17H26N2O4. The van der Waals surface area contributed by atoms with E-state index in [2.05, 4.69) is 10.6 Å². The standard InChI is InChI=1S/C17H26N2O4/c1-5-10-23-13-6-7-14(12(2)11-13)18-16(22)19-17(3,4)9-8-15(20)21/h6-7,11H,5,8-10H2,1-4H3,(H,20,21)(H2,18,19,22). The van der Waals surface area contributed by atoms with Gasteiger partial charge in [-0.25, -0.2) is 4.79 Å². The third-order valence-electron chi connectivity index (χ3n) is 3.33. The molecule has 1 rings (SSSR count). The molecule has 0 bridgehead atoms. The molecule has 0 unspecified atom stereocenters. The van der Waals surface area contributed by atoms with Crippen molar-refractivity contribution in [3.8, 4) is 5.75 Å². The third-order valence-corrected chi connectivity index (χ3v) is 3.33. The van der Waals surface area contributed by atoms with Crippen molar-refractivity contribution in [3.63, 3.8) is 0 Å². The summed E-state index contributed by atoms with van der Waals surface area (Å²) in [5.74, 6) is -0.101. The molecule has 0 aliphatic rings. The second kappa shape index (κ2) is 8.41. The Hall–Kier alpha value is -2.24. The average molecular weight is 322 g/mol. The van der Waals surface area contributed by atoms with Gasteiger partial charge in [-0.15, -0.1) is 0 Å². The highest BCUT2D eigenvalue weighted by Gasteiger charge is 2.21. The Kier molecular flexibility index (Phi) is 6.88. The Balaban J connectivity index is 2.61. The summed E-state index contributed by atoms with van der Waals surface area (Å²) in [4.78, 5) is 22.7. The fourth-order valence-corrected chi connectivity index (χ4v) is 2.03. The Morgan fingerprint density at radius 3 is 2.57 bits per heavy atom. The van der Waals surface area contributed by atoms with E-state index in [4.69, 9.17) is 9.84 Å². The van der Waals surface area contributed by atoms with Crippen molar-refractivity contribution in [2.24, 2.45) is 0 Å². The summed E-state index contributed by atoms with van der Waals surface area (Å²) in [5.41, 5.74) is 0.998. The van der Waals surface area contributed by atoms with E-state index in [1.165, 1.54) is 0 Å². The van der Waals surface area contributed by atoms with Crippen molar-refractivity contribution in [1.29, 1.82) is 0 Å². The summed E-state index contributed by atoms with van der Waals surface area (Å²) in [6.07, 6.45) is 1.31. The molecule has 0 heterocycles. The predicted molar refractivity (Wildman–Crippen MR) is 90.1 cm³/mol. The number of aryl methyl sites for hydroxylation is 1. The van der Waals surface area contributed by atoms with E-state index in [1.54, 1.807) is 19.9 Å². The summed E-state index contributed by atoms with van der Waals surface area (Å²) in [6, 6.07) is 5.13. The number of benzene rings is 1. The first kappa shape index (κ1) is 18.8. The highest BCUT2D eigenvalue weighted by Crippen LogP contribution is 2.22. The lowest BCUT2D eigenvalue weighted by Gasteiger charge is -2.26. The summed E-state index contributed by atoms with van der Waals surface area (Å²) in [5, 5.41) is 14.3. The third kappa shape index (κ3) is 7.04. The number of hydrogen-bond donors (Lipinski definition) is 3. The van der Waals surface area contributed by atoms with Gasteiger partial charge in [0.2, 0.25) is 0 Å². The van der Waals surface area contributed by atoms with Crippen molar-refractivity contribution < 1.29 is 19.4 Å². The Morgan fingerprint density at radius 1 is 1.30 bits per heavy atom. The molecule has 0 spiro atoms. The van der Waals surface area contributed by atoms with Gasteiger partial charge in [0, 0.05) is 17.6 Å². The van der Waals surface area contributed by atoms with Crippen LogP contribution in [0.1, 0.15) is 45.6 Å². The summed E-state index contributed by atoms with van der Waals surface area (Å²) in [6.45, 7) is 8.18. The summed E-state index contributed by atoms with van der Waals surface area (Å²) in [7, 11) is 0. The van der Waals surface area contributed by atoms with Crippen LogP contribution in [-0.4, -0.2) is 29.3 Å². The van der Waals surface area contributed by atoms with Crippen LogP contribution in [0.2, 0.25) is 0 Å². The van der Waals surface area contributed by atoms with Crippen LogP contribution in [0.4, 0.5) is 10.5 Å². The van der Waals surface area contributed by atoms with Crippen molar-refractivity contribution in [2.45, 2.75) is 52.5 Å². The number of carbonyl (C=O) groups is 2. The summed E-state index contributed by atoms with van der Waals surface area (Å²) < 4.78 is 5.55. The van der Waals surface area contributed by atoms with Crippen molar-refractivity contribution >= 4 is 17.7 Å². The normalized spacial score (nSPS) is 11.0. The minimum absolute atomic E-state index is 0.00969. The van der Waals surface area contributed by atoms with E-state index in [9.17, 15) is 9.59 Å². The number of amides is 2. The van der Waals surface area contributed by atoms with E-state index in [0.717, 1.165) is 17.7 Å². The van der Waals surface area contributed by atoms with Crippen LogP contribution < -0.4 is 15.4 Å². The van der Waals surface area contributed by atoms with Crippen LogP contribution in [0.25, 0.3) is 0 Å². The van der Waals surface area contributed by atoms with Crippen molar-refractivity contribution in [1.82, 2.24) is 5.32 Å². The number of carboxylic acids is 1. The van der Waals surface area contributed by atoms with Crippen LogP contribution in [-0.2, 0) is 4.79 Å². The van der Waals surface area contributed by atoms with Gasteiger partial charge in [-0.1, -0.05) is 6.92 Å². The first-order chi connectivity index (χ1) is 10.7. The minimum atomic E-state index is -0.876. The second-order valence-corrected chi connectivity index (χ2v) is 6.18. The number of nitrogens with one attached hydrogen (secondary N) is 2. The fraction of sp³-hybridized carbons (Fsp3) is 0.529. The lowest BCUT2D eigenvalue weighted by molar-refractivity contribution is -0.137. The zero-order valence-corrected chi connectivity index (χ0v) is 14.2. The number of urea groups is 1. The van der Waals surface area contributed by atoms with E-state index in [-0.39, 0.29) is 12.5 Å². The van der Waals surface area contributed by atoms with E-state index < -0.39 is 11.5 Å². The van der Waals surface area contributed by atoms with Gasteiger partial charge in [0.15, 0.2) is 0 Å². The quantitative estimate of drug-likeness (QED) is 0.683. The zero-order valence-electron chi connectivity index (χ0n) is 14.2. The molecule has 0 aliphatic carbocycles. The first-order valence-corrected chi connectivity index (χ1v) is 7.78. The predicted octanol–water partition coefficient (Wildman–Crippen LogP) is 3.55.